The monoisotopic (exact) mass is 312 g/mol. The Balaban J connectivity index is 1.71. The van der Waals surface area contributed by atoms with Gasteiger partial charge in [0.15, 0.2) is 11.8 Å². The number of methoxy groups -OCH3 is 1. The largest absolute Gasteiger partial charge is 0.497 e. The summed E-state index contributed by atoms with van der Waals surface area (Å²) in [6, 6.07) is 5.96. The molecule has 0 radical (unpaired) electrons. The highest BCUT2D eigenvalue weighted by molar-refractivity contribution is 6.09. The number of nitrogens with one attached hydrogen (secondary N) is 2. The quantitative estimate of drug-likeness (QED) is 0.501. The molecule has 2 aliphatic rings. The van der Waals surface area contributed by atoms with Gasteiger partial charge >= 0.3 is 5.97 Å². The van der Waals surface area contributed by atoms with E-state index in [2.05, 4.69) is 17.4 Å². The van der Waals surface area contributed by atoms with E-state index in [4.69, 9.17) is 9.47 Å². The van der Waals surface area contributed by atoms with Gasteiger partial charge < -0.3 is 14.9 Å². The first kappa shape index (κ1) is 15.1. The van der Waals surface area contributed by atoms with E-state index in [1.54, 1.807) is 49.6 Å². The Bertz CT molecular complexity index is 719. The molecule has 2 atom stereocenters. The van der Waals surface area contributed by atoms with Crippen LogP contribution in [0.25, 0.3) is 0 Å². The van der Waals surface area contributed by atoms with Crippen LogP contribution in [0.15, 0.2) is 60.4 Å². The average molecular weight is 312 g/mol. The molecule has 0 saturated carbocycles. The number of hydrogen-bond donors (Lipinski definition) is 2. The van der Waals surface area contributed by atoms with Crippen molar-refractivity contribution in [2.75, 3.05) is 12.5 Å². The van der Waals surface area contributed by atoms with Crippen molar-refractivity contribution in [3.8, 4) is 5.75 Å². The summed E-state index contributed by atoms with van der Waals surface area (Å²) in [5.41, 5.74) is 6.86. The number of hydrogen-bond acceptors (Lipinski definition) is 6. The predicted octanol–water partition coefficient (Wildman–Crippen LogP) is 1.73. The van der Waals surface area contributed by atoms with Gasteiger partial charge in [0.25, 0.3) is 0 Å². The Labute approximate surface area is 133 Å². The lowest BCUT2D eigenvalue weighted by molar-refractivity contribution is -0.151. The van der Waals surface area contributed by atoms with E-state index < -0.39 is 17.9 Å². The van der Waals surface area contributed by atoms with Gasteiger partial charge in [0.1, 0.15) is 17.4 Å². The van der Waals surface area contributed by atoms with Crippen molar-refractivity contribution in [2.45, 2.75) is 6.04 Å². The van der Waals surface area contributed by atoms with Crippen LogP contribution in [0.2, 0.25) is 0 Å². The topological polar surface area (TPSA) is 76.7 Å². The fourth-order valence-electron chi connectivity index (χ4n) is 2.48. The van der Waals surface area contributed by atoms with E-state index in [9.17, 15) is 9.59 Å². The standard InChI is InChI=1S/C17H16N2O4/c1-10-4-3-5-13-14(10)16(20)15(17(21)23-13)19-18-11-6-8-12(22-2)9-7-11/h3-9,14-15,18-19H,1H2,2H3. The number of carbonyl (C=O) groups is 2. The van der Waals surface area contributed by atoms with Crippen molar-refractivity contribution < 1.29 is 19.1 Å². The van der Waals surface area contributed by atoms with Gasteiger partial charge in [0.05, 0.1) is 7.11 Å². The van der Waals surface area contributed by atoms with Crippen LogP contribution < -0.4 is 15.6 Å². The number of rotatable bonds is 4. The third kappa shape index (κ3) is 2.89. The van der Waals surface area contributed by atoms with Crippen molar-refractivity contribution in [3.63, 3.8) is 0 Å². The van der Waals surface area contributed by atoms with Crippen molar-refractivity contribution in [2.24, 2.45) is 5.92 Å². The maximum absolute atomic E-state index is 12.5. The van der Waals surface area contributed by atoms with Gasteiger partial charge in [-0.1, -0.05) is 18.7 Å². The third-order valence-corrected chi connectivity index (χ3v) is 3.70. The van der Waals surface area contributed by atoms with Crippen LogP contribution in [0, 0.1) is 5.92 Å². The second kappa shape index (κ2) is 6.10. The van der Waals surface area contributed by atoms with Crippen LogP contribution >= 0.6 is 0 Å². The number of fused-ring (bicyclic) bond motifs is 1. The lowest BCUT2D eigenvalue weighted by Crippen LogP contribution is -2.53. The van der Waals surface area contributed by atoms with Crippen LogP contribution in [-0.4, -0.2) is 24.9 Å². The average Bonchev–Trinajstić information content (AvgIpc) is 2.55. The number of allylic oxidation sites excluding steroid dienone is 4. The number of Topliss-reactive ketones (excluding diaryl/α,β-unsaturated/α-hetero) is 1. The first-order chi connectivity index (χ1) is 11.1. The Hall–Kier alpha value is -2.86. The maximum Gasteiger partial charge on any atom is 0.337 e. The molecule has 0 spiro atoms. The van der Waals surface area contributed by atoms with E-state index in [1.165, 1.54) is 0 Å². The molecule has 1 aliphatic carbocycles. The summed E-state index contributed by atoms with van der Waals surface area (Å²) in [4.78, 5) is 24.6. The first-order valence-corrected chi connectivity index (χ1v) is 7.08. The summed E-state index contributed by atoms with van der Waals surface area (Å²) < 4.78 is 10.3. The molecule has 1 fully saturated rings. The van der Waals surface area contributed by atoms with E-state index >= 15 is 0 Å². The van der Waals surface area contributed by atoms with Gasteiger partial charge in [-0.25, -0.2) is 10.2 Å². The molecule has 2 unspecified atom stereocenters. The number of ether oxygens (including phenoxy) is 2. The fraction of sp³-hybridized carbons (Fsp3) is 0.176. The van der Waals surface area contributed by atoms with Gasteiger partial charge in [-0.2, -0.15) is 0 Å². The minimum Gasteiger partial charge on any atom is -0.497 e. The molecule has 118 valence electrons. The molecular formula is C17H16N2O4. The lowest BCUT2D eigenvalue weighted by Gasteiger charge is -2.31. The minimum absolute atomic E-state index is 0.289. The highest BCUT2D eigenvalue weighted by atomic mass is 16.5. The van der Waals surface area contributed by atoms with E-state index in [-0.39, 0.29) is 5.78 Å². The SMILES string of the molecule is C=C1C=CC=C2OC(=O)C(NNc3ccc(OC)cc3)C(=O)C12. The first-order valence-electron chi connectivity index (χ1n) is 7.08. The van der Waals surface area contributed by atoms with Crippen LogP contribution in [0.1, 0.15) is 0 Å². The molecular weight excluding hydrogens is 296 g/mol. The molecule has 3 rings (SSSR count). The van der Waals surface area contributed by atoms with Gasteiger partial charge in [-0.05, 0) is 35.9 Å². The Kier molecular flexibility index (Phi) is 3.99. The lowest BCUT2D eigenvalue weighted by atomic mass is 9.85. The molecule has 1 heterocycles. The van der Waals surface area contributed by atoms with E-state index in [0.717, 1.165) is 0 Å². The molecule has 1 aromatic rings. The summed E-state index contributed by atoms with van der Waals surface area (Å²) in [6.45, 7) is 3.84. The molecule has 0 aromatic heterocycles. The zero-order chi connectivity index (χ0) is 16.4. The summed E-state index contributed by atoms with van der Waals surface area (Å²) in [6.07, 6.45) is 5.06. The Morgan fingerprint density at radius 2 is 1.96 bits per heavy atom. The van der Waals surface area contributed by atoms with Crippen molar-refractivity contribution in [1.82, 2.24) is 5.43 Å². The van der Waals surface area contributed by atoms with Gasteiger partial charge in [0, 0.05) is 5.69 Å². The van der Waals surface area contributed by atoms with Gasteiger partial charge in [-0.3, -0.25) is 4.79 Å². The second-order valence-corrected chi connectivity index (χ2v) is 5.19. The normalized spacial score (nSPS) is 23.0. The van der Waals surface area contributed by atoms with Crippen molar-refractivity contribution in [3.05, 3.63) is 60.4 Å². The predicted molar refractivity (Wildman–Crippen MR) is 84.5 cm³/mol. The van der Waals surface area contributed by atoms with Gasteiger partial charge in [-0.15, -0.1) is 0 Å². The number of anilines is 1. The smallest absolute Gasteiger partial charge is 0.337 e. The number of benzene rings is 1. The fourth-order valence-corrected chi connectivity index (χ4v) is 2.48. The van der Waals surface area contributed by atoms with Crippen LogP contribution in [0.3, 0.4) is 0 Å². The third-order valence-electron chi connectivity index (χ3n) is 3.70. The molecule has 0 bridgehead atoms. The number of esters is 1. The molecule has 23 heavy (non-hydrogen) atoms. The number of hydrazine groups is 1. The highest BCUT2D eigenvalue weighted by Crippen LogP contribution is 2.31. The molecule has 1 aliphatic heterocycles. The highest BCUT2D eigenvalue weighted by Gasteiger charge is 2.43. The Morgan fingerprint density at radius 1 is 1.22 bits per heavy atom. The summed E-state index contributed by atoms with van der Waals surface area (Å²) in [5, 5.41) is 0. The number of carbonyl (C=O) groups excluding carboxylic acids is 2. The summed E-state index contributed by atoms with van der Waals surface area (Å²) in [5.74, 6) is -0.504. The molecule has 1 saturated heterocycles. The van der Waals surface area contributed by atoms with Gasteiger partial charge in [0.2, 0.25) is 0 Å². The minimum atomic E-state index is -1.09. The molecule has 0 amide bonds. The number of ketones is 1. The van der Waals surface area contributed by atoms with Crippen LogP contribution in [0.5, 0.6) is 5.75 Å². The molecule has 6 nitrogen and oxygen atoms in total. The summed E-state index contributed by atoms with van der Waals surface area (Å²) >= 11 is 0. The van der Waals surface area contributed by atoms with E-state index in [1.807, 2.05) is 0 Å². The Morgan fingerprint density at radius 3 is 2.65 bits per heavy atom. The van der Waals surface area contributed by atoms with Crippen molar-refractivity contribution >= 4 is 17.4 Å². The van der Waals surface area contributed by atoms with Crippen LogP contribution in [0.4, 0.5) is 5.69 Å². The molecule has 1 aromatic carbocycles. The summed E-state index contributed by atoms with van der Waals surface area (Å²) in [7, 11) is 1.58. The van der Waals surface area contributed by atoms with Crippen molar-refractivity contribution in [1.29, 1.82) is 0 Å². The molecule has 6 heteroatoms. The zero-order valence-electron chi connectivity index (χ0n) is 12.5. The van der Waals surface area contributed by atoms with E-state index in [0.29, 0.717) is 22.8 Å². The zero-order valence-corrected chi connectivity index (χ0v) is 12.5. The second-order valence-electron chi connectivity index (χ2n) is 5.19. The van der Waals surface area contributed by atoms with Crippen LogP contribution in [-0.2, 0) is 14.3 Å². The molecule has 2 N–H and O–H groups in total. The maximum atomic E-state index is 12.5.